The third kappa shape index (κ3) is 4.18. The summed E-state index contributed by atoms with van der Waals surface area (Å²) in [6.07, 6.45) is 2.71. The van der Waals surface area contributed by atoms with Crippen LogP contribution in [0.15, 0.2) is 23.6 Å². The van der Waals surface area contributed by atoms with Crippen LogP contribution in [0, 0.1) is 19.8 Å². The minimum atomic E-state index is 0.0675. The molecular weight excluding hydrogens is 306 g/mol. The predicted molar refractivity (Wildman–Crippen MR) is 95.9 cm³/mol. The first-order chi connectivity index (χ1) is 11.1. The SMILES string of the molecule is Cc1ccc(-c2csc(NC(=O)CCC3CCNC3)n2)cc1C. The molecule has 0 bridgehead atoms. The third-order valence-corrected chi connectivity index (χ3v) is 5.25. The Morgan fingerprint density at radius 1 is 1.39 bits per heavy atom. The van der Waals surface area contributed by atoms with Gasteiger partial charge in [0.2, 0.25) is 5.91 Å². The van der Waals surface area contributed by atoms with E-state index >= 15 is 0 Å². The summed E-state index contributed by atoms with van der Waals surface area (Å²) in [5, 5.41) is 8.95. The van der Waals surface area contributed by atoms with E-state index in [4.69, 9.17) is 0 Å². The number of nitrogens with one attached hydrogen (secondary N) is 2. The Bertz CT molecular complexity index is 689. The van der Waals surface area contributed by atoms with Gasteiger partial charge in [0, 0.05) is 17.4 Å². The van der Waals surface area contributed by atoms with Crippen LogP contribution >= 0.6 is 11.3 Å². The Labute approximate surface area is 141 Å². The van der Waals surface area contributed by atoms with Gasteiger partial charge in [-0.05, 0) is 62.9 Å². The number of hydrogen-bond donors (Lipinski definition) is 2. The summed E-state index contributed by atoms with van der Waals surface area (Å²) < 4.78 is 0. The molecule has 0 saturated carbocycles. The number of carbonyl (C=O) groups excluding carboxylic acids is 1. The van der Waals surface area contributed by atoms with Crippen molar-refractivity contribution in [3.8, 4) is 11.3 Å². The molecule has 1 aromatic carbocycles. The van der Waals surface area contributed by atoms with Crippen LogP contribution < -0.4 is 10.6 Å². The number of carbonyl (C=O) groups is 1. The normalized spacial score (nSPS) is 17.4. The first-order valence-corrected chi connectivity index (χ1v) is 9.03. The monoisotopic (exact) mass is 329 g/mol. The van der Waals surface area contributed by atoms with Crippen LogP contribution in [0.5, 0.6) is 0 Å². The highest BCUT2D eigenvalue weighted by molar-refractivity contribution is 7.14. The van der Waals surface area contributed by atoms with Crippen molar-refractivity contribution >= 4 is 22.4 Å². The van der Waals surface area contributed by atoms with E-state index in [1.807, 2.05) is 5.38 Å². The van der Waals surface area contributed by atoms with Crippen molar-refractivity contribution in [2.75, 3.05) is 18.4 Å². The number of amides is 1. The highest BCUT2D eigenvalue weighted by Crippen LogP contribution is 2.26. The minimum Gasteiger partial charge on any atom is -0.316 e. The van der Waals surface area contributed by atoms with Gasteiger partial charge in [0.1, 0.15) is 0 Å². The second-order valence-corrected chi connectivity index (χ2v) is 7.14. The largest absolute Gasteiger partial charge is 0.316 e. The molecule has 1 amide bonds. The number of aryl methyl sites for hydroxylation is 2. The van der Waals surface area contributed by atoms with Gasteiger partial charge in [0.05, 0.1) is 5.69 Å². The Morgan fingerprint density at radius 2 is 2.26 bits per heavy atom. The van der Waals surface area contributed by atoms with Crippen LogP contribution in [0.3, 0.4) is 0 Å². The Hall–Kier alpha value is -1.72. The third-order valence-electron chi connectivity index (χ3n) is 4.50. The Kier molecular flexibility index (Phi) is 5.08. The standard InChI is InChI=1S/C18H23N3OS/c1-12-3-5-15(9-13(12)2)16-11-23-18(20-16)21-17(22)6-4-14-7-8-19-10-14/h3,5,9,11,14,19H,4,6-8,10H2,1-2H3,(H,20,21,22). The molecule has 4 nitrogen and oxygen atoms in total. The molecular formula is C18H23N3OS. The molecule has 23 heavy (non-hydrogen) atoms. The summed E-state index contributed by atoms with van der Waals surface area (Å²) in [7, 11) is 0. The maximum Gasteiger partial charge on any atom is 0.226 e. The zero-order valence-corrected chi connectivity index (χ0v) is 14.5. The van der Waals surface area contributed by atoms with Crippen molar-refractivity contribution in [3.05, 3.63) is 34.7 Å². The maximum absolute atomic E-state index is 12.0. The second kappa shape index (κ2) is 7.23. The number of hydrogen-bond acceptors (Lipinski definition) is 4. The van der Waals surface area contributed by atoms with E-state index < -0.39 is 0 Å². The van der Waals surface area contributed by atoms with Gasteiger partial charge in [-0.3, -0.25) is 4.79 Å². The van der Waals surface area contributed by atoms with Crippen LogP contribution in [-0.2, 0) is 4.79 Å². The molecule has 2 heterocycles. The molecule has 0 aliphatic carbocycles. The first-order valence-electron chi connectivity index (χ1n) is 8.15. The van der Waals surface area contributed by atoms with E-state index in [-0.39, 0.29) is 5.91 Å². The second-order valence-electron chi connectivity index (χ2n) is 6.28. The van der Waals surface area contributed by atoms with E-state index in [0.717, 1.165) is 30.8 Å². The molecule has 2 N–H and O–H groups in total. The van der Waals surface area contributed by atoms with E-state index in [9.17, 15) is 4.79 Å². The van der Waals surface area contributed by atoms with Crippen molar-refractivity contribution < 1.29 is 4.79 Å². The van der Waals surface area contributed by atoms with E-state index in [1.165, 1.54) is 28.9 Å². The fourth-order valence-corrected chi connectivity index (χ4v) is 3.58. The van der Waals surface area contributed by atoms with Crippen molar-refractivity contribution in [1.82, 2.24) is 10.3 Å². The van der Waals surface area contributed by atoms with Crippen molar-refractivity contribution in [2.45, 2.75) is 33.1 Å². The van der Waals surface area contributed by atoms with Gasteiger partial charge in [-0.25, -0.2) is 4.98 Å². The zero-order chi connectivity index (χ0) is 16.2. The lowest BCUT2D eigenvalue weighted by Crippen LogP contribution is -2.14. The minimum absolute atomic E-state index is 0.0675. The summed E-state index contributed by atoms with van der Waals surface area (Å²) in [4.78, 5) is 16.6. The number of aromatic nitrogens is 1. The highest BCUT2D eigenvalue weighted by Gasteiger charge is 2.16. The number of thiazole rings is 1. The quantitative estimate of drug-likeness (QED) is 0.878. The lowest BCUT2D eigenvalue weighted by molar-refractivity contribution is -0.116. The predicted octanol–water partition coefficient (Wildman–Crippen LogP) is 3.76. The van der Waals surface area contributed by atoms with Gasteiger partial charge in [-0.1, -0.05) is 12.1 Å². The number of rotatable bonds is 5. The van der Waals surface area contributed by atoms with Gasteiger partial charge in [0.15, 0.2) is 5.13 Å². The molecule has 5 heteroatoms. The topological polar surface area (TPSA) is 54.0 Å². The Balaban J connectivity index is 1.58. The summed E-state index contributed by atoms with van der Waals surface area (Å²) in [6, 6.07) is 6.33. The highest BCUT2D eigenvalue weighted by atomic mass is 32.1. The lowest BCUT2D eigenvalue weighted by Gasteiger charge is -2.07. The van der Waals surface area contributed by atoms with Crippen molar-refractivity contribution in [3.63, 3.8) is 0 Å². The summed E-state index contributed by atoms with van der Waals surface area (Å²) in [5.41, 5.74) is 4.56. The van der Waals surface area contributed by atoms with E-state index in [0.29, 0.717) is 17.5 Å². The molecule has 2 aromatic rings. The molecule has 1 aliphatic heterocycles. The van der Waals surface area contributed by atoms with Crippen LogP contribution in [-0.4, -0.2) is 24.0 Å². The van der Waals surface area contributed by atoms with Gasteiger partial charge < -0.3 is 10.6 Å². The zero-order valence-electron chi connectivity index (χ0n) is 13.7. The molecule has 1 aromatic heterocycles. The van der Waals surface area contributed by atoms with Crippen molar-refractivity contribution in [1.29, 1.82) is 0 Å². The fraction of sp³-hybridized carbons (Fsp3) is 0.444. The first kappa shape index (κ1) is 16.1. The number of anilines is 1. The van der Waals surface area contributed by atoms with Crippen LogP contribution in [0.4, 0.5) is 5.13 Å². The number of benzene rings is 1. The average Bonchev–Trinajstić information content (AvgIpc) is 3.19. The molecule has 122 valence electrons. The Morgan fingerprint density at radius 3 is 3.00 bits per heavy atom. The summed E-state index contributed by atoms with van der Waals surface area (Å²) in [6.45, 7) is 6.33. The molecule has 1 fully saturated rings. The molecule has 0 radical (unpaired) electrons. The van der Waals surface area contributed by atoms with E-state index in [2.05, 4.69) is 47.7 Å². The molecule has 1 saturated heterocycles. The smallest absolute Gasteiger partial charge is 0.226 e. The van der Waals surface area contributed by atoms with Crippen LogP contribution in [0.1, 0.15) is 30.4 Å². The summed E-state index contributed by atoms with van der Waals surface area (Å²) >= 11 is 1.49. The maximum atomic E-state index is 12.0. The van der Waals surface area contributed by atoms with Gasteiger partial charge in [-0.2, -0.15) is 0 Å². The molecule has 1 aliphatic rings. The number of nitrogens with zero attached hydrogens (tertiary/aromatic N) is 1. The lowest BCUT2D eigenvalue weighted by atomic mass is 10.0. The van der Waals surface area contributed by atoms with Gasteiger partial charge in [0.25, 0.3) is 0 Å². The fourth-order valence-electron chi connectivity index (χ4n) is 2.84. The summed E-state index contributed by atoms with van der Waals surface area (Å²) in [5.74, 6) is 0.709. The average molecular weight is 329 g/mol. The van der Waals surface area contributed by atoms with Crippen LogP contribution in [0.2, 0.25) is 0 Å². The van der Waals surface area contributed by atoms with E-state index in [1.54, 1.807) is 0 Å². The van der Waals surface area contributed by atoms with Crippen molar-refractivity contribution in [2.24, 2.45) is 5.92 Å². The molecule has 0 spiro atoms. The van der Waals surface area contributed by atoms with Gasteiger partial charge >= 0.3 is 0 Å². The van der Waals surface area contributed by atoms with Gasteiger partial charge in [-0.15, -0.1) is 11.3 Å². The van der Waals surface area contributed by atoms with Crippen LogP contribution in [0.25, 0.3) is 11.3 Å². The molecule has 1 unspecified atom stereocenters. The molecule has 1 atom stereocenters. The molecule has 3 rings (SSSR count).